The lowest BCUT2D eigenvalue weighted by molar-refractivity contribution is 0.376. The Balaban J connectivity index is 1.56. The molecule has 20 heavy (non-hydrogen) atoms. The summed E-state index contributed by atoms with van der Waals surface area (Å²) < 4.78 is 10.6. The summed E-state index contributed by atoms with van der Waals surface area (Å²) in [5.41, 5.74) is 2.63. The Morgan fingerprint density at radius 1 is 1.15 bits per heavy atom. The molecule has 0 atom stereocenters. The summed E-state index contributed by atoms with van der Waals surface area (Å²) >= 11 is 0. The van der Waals surface area contributed by atoms with E-state index in [1.807, 2.05) is 12.1 Å². The summed E-state index contributed by atoms with van der Waals surface area (Å²) in [5.74, 6) is 1.73. The van der Waals surface area contributed by atoms with Crippen molar-refractivity contribution in [1.82, 2.24) is 10.1 Å². The molecule has 3 aromatic rings. The summed E-state index contributed by atoms with van der Waals surface area (Å²) in [6.45, 7) is 1.61. The molecule has 5 nitrogen and oxygen atoms in total. The van der Waals surface area contributed by atoms with E-state index in [0.29, 0.717) is 24.0 Å². The molecule has 5 heteroatoms. The number of benzene rings is 1. The number of hydrogen-bond donors (Lipinski definition) is 0. The van der Waals surface area contributed by atoms with Gasteiger partial charge in [0.25, 0.3) is 0 Å². The van der Waals surface area contributed by atoms with E-state index < -0.39 is 0 Å². The van der Waals surface area contributed by atoms with Crippen LogP contribution in [0.1, 0.15) is 11.5 Å². The zero-order valence-electron chi connectivity index (χ0n) is 10.8. The number of aromatic nitrogens is 2. The number of anilines is 1. The first-order chi connectivity index (χ1) is 9.90. The Hall–Kier alpha value is -2.56. The summed E-state index contributed by atoms with van der Waals surface area (Å²) in [7, 11) is 0. The molecule has 1 aliphatic heterocycles. The molecule has 0 unspecified atom stereocenters. The molecular formula is C15H13N3O2. The summed E-state index contributed by atoms with van der Waals surface area (Å²) in [4.78, 5) is 6.63. The van der Waals surface area contributed by atoms with Crippen molar-refractivity contribution in [2.75, 3.05) is 11.4 Å². The summed E-state index contributed by atoms with van der Waals surface area (Å²) in [6, 6.07) is 12.1. The van der Waals surface area contributed by atoms with E-state index >= 15 is 0 Å². The first-order valence-corrected chi connectivity index (χ1v) is 6.59. The van der Waals surface area contributed by atoms with Crippen molar-refractivity contribution in [2.45, 2.75) is 13.0 Å². The maximum Gasteiger partial charge on any atom is 0.246 e. The first-order valence-electron chi connectivity index (χ1n) is 6.59. The van der Waals surface area contributed by atoms with Gasteiger partial charge in [0.1, 0.15) is 0 Å². The number of hydrogen-bond acceptors (Lipinski definition) is 5. The maximum absolute atomic E-state index is 5.30. The number of para-hydroxylation sites is 1. The van der Waals surface area contributed by atoms with E-state index in [4.69, 9.17) is 8.94 Å². The second-order valence-electron chi connectivity index (χ2n) is 4.79. The topological polar surface area (TPSA) is 55.3 Å². The average molecular weight is 267 g/mol. The van der Waals surface area contributed by atoms with Crippen LogP contribution in [0.15, 0.2) is 51.6 Å². The predicted molar refractivity (Wildman–Crippen MR) is 73.2 cm³/mol. The predicted octanol–water partition coefficient (Wildman–Crippen LogP) is 2.89. The van der Waals surface area contributed by atoms with Gasteiger partial charge in [0.05, 0.1) is 12.8 Å². The number of fused-ring (bicyclic) bond motifs is 1. The molecule has 0 saturated carbocycles. The minimum atomic E-state index is 0.498. The van der Waals surface area contributed by atoms with E-state index in [2.05, 4.69) is 39.3 Å². The lowest BCUT2D eigenvalue weighted by atomic mass is 10.2. The molecule has 1 aromatic carbocycles. The van der Waals surface area contributed by atoms with Crippen molar-refractivity contribution in [3.63, 3.8) is 0 Å². The lowest BCUT2D eigenvalue weighted by Crippen LogP contribution is -2.19. The Kier molecular flexibility index (Phi) is 2.55. The third kappa shape index (κ3) is 1.87. The molecule has 0 bridgehead atoms. The number of rotatable bonds is 3. The van der Waals surface area contributed by atoms with Crippen molar-refractivity contribution in [1.29, 1.82) is 0 Å². The minimum Gasteiger partial charge on any atom is -0.461 e. The normalized spacial score (nSPS) is 13.7. The van der Waals surface area contributed by atoms with E-state index in [1.54, 1.807) is 6.26 Å². The monoisotopic (exact) mass is 267 g/mol. The van der Waals surface area contributed by atoms with Crippen molar-refractivity contribution < 1.29 is 8.94 Å². The quantitative estimate of drug-likeness (QED) is 0.730. The van der Waals surface area contributed by atoms with Crippen molar-refractivity contribution in [2.24, 2.45) is 0 Å². The zero-order valence-corrected chi connectivity index (χ0v) is 10.8. The van der Waals surface area contributed by atoms with Gasteiger partial charge in [0, 0.05) is 12.2 Å². The van der Waals surface area contributed by atoms with E-state index in [1.165, 1.54) is 11.3 Å². The Morgan fingerprint density at radius 2 is 2.10 bits per heavy atom. The van der Waals surface area contributed by atoms with Crippen LogP contribution in [0.4, 0.5) is 5.69 Å². The molecule has 2 aromatic heterocycles. The van der Waals surface area contributed by atoms with Crippen LogP contribution in [-0.2, 0) is 13.0 Å². The van der Waals surface area contributed by atoms with Gasteiger partial charge in [-0.15, -0.1) is 0 Å². The van der Waals surface area contributed by atoms with Crippen LogP contribution in [0.2, 0.25) is 0 Å². The molecule has 4 rings (SSSR count). The SMILES string of the molecule is c1coc(-c2noc(CN3CCc4ccccc43)n2)c1. The van der Waals surface area contributed by atoms with Gasteiger partial charge in [-0.25, -0.2) is 0 Å². The first kappa shape index (κ1) is 11.3. The van der Waals surface area contributed by atoms with Crippen molar-refractivity contribution in [3.8, 4) is 11.6 Å². The van der Waals surface area contributed by atoms with Gasteiger partial charge in [0.2, 0.25) is 11.7 Å². The molecule has 0 aliphatic carbocycles. The molecule has 0 spiro atoms. The molecule has 100 valence electrons. The summed E-state index contributed by atoms with van der Waals surface area (Å²) in [5, 5.41) is 3.95. The van der Waals surface area contributed by atoms with Crippen LogP contribution >= 0.6 is 0 Å². The van der Waals surface area contributed by atoms with Gasteiger partial charge in [-0.3, -0.25) is 0 Å². The fraction of sp³-hybridized carbons (Fsp3) is 0.200. The largest absolute Gasteiger partial charge is 0.461 e. The molecule has 3 heterocycles. The van der Waals surface area contributed by atoms with Crippen LogP contribution in [-0.4, -0.2) is 16.7 Å². The molecule has 0 amide bonds. The van der Waals surface area contributed by atoms with Gasteiger partial charge in [-0.05, 0) is 30.2 Å². The minimum absolute atomic E-state index is 0.498. The lowest BCUT2D eigenvalue weighted by Gasteiger charge is -2.16. The fourth-order valence-corrected chi connectivity index (χ4v) is 2.56. The highest BCUT2D eigenvalue weighted by molar-refractivity contribution is 5.57. The second-order valence-corrected chi connectivity index (χ2v) is 4.79. The highest BCUT2D eigenvalue weighted by Crippen LogP contribution is 2.28. The van der Waals surface area contributed by atoms with Crippen LogP contribution in [0.3, 0.4) is 0 Å². The molecule has 0 saturated heterocycles. The van der Waals surface area contributed by atoms with Gasteiger partial charge < -0.3 is 13.8 Å². The van der Waals surface area contributed by atoms with Gasteiger partial charge >= 0.3 is 0 Å². The second kappa shape index (κ2) is 4.52. The highest BCUT2D eigenvalue weighted by Gasteiger charge is 2.21. The summed E-state index contributed by atoms with van der Waals surface area (Å²) in [6.07, 6.45) is 2.66. The van der Waals surface area contributed by atoms with Crippen LogP contribution in [0.5, 0.6) is 0 Å². The van der Waals surface area contributed by atoms with E-state index in [-0.39, 0.29) is 0 Å². The molecular weight excluding hydrogens is 254 g/mol. The van der Waals surface area contributed by atoms with Gasteiger partial charge in [-0.1, -0.05) is 23.4 Å². The van der Waals surface area contributed by atoms with Crippen molar-refractivity contribution in [3.05, 3.63) is 54.1 Å². The average Bonchev–Trinajstić information content (AvgIpc) is 3.19. The number of nitrogens with zero attached hydrogens (tertiary/aromatic N) is 3. The van der Waals surface area contributed by atoms with Gasteiger partial charge in [0.15, 0.2) is 5.76 Å². The third-order valence-electron chi connectivity index (χ3n) is 3.52. The Labute approximate surface area is 115 Å². The van der Waals surface area contributed by atoms with Crippen molar-refractivity contribution >= 4 is 5.69 Å². The molecule has 0 N–H and O–H groups in total. The molecule has 0 fully saturated rings. The molecule has 1 aliphatic rings. The van der Waals surface area contributed by atoms with Crippen LogP contribution < -0.4 is 4.90 Å². The number of furan rings is 1. The van der Waals surface area contributed by atoms with Crippen LogP contribution in [0, 0.1) is 0 Å². The zero-order chi connectivity index (χ0) is 13.4. The fourth-order valence-electron chi connectivity index (χ4n) is 2.56. The van der Waals surface area contributed by atoms with Crippen LogP contribution in [0.25, 0.3) is 11.6 Å². The third-order valence-corrected chi connectivity index (χ3v) is 3.52. The standard InChI is InChI=1S/C15H13N3O2/c1-2-5-12-11(4-1)7-8-18(12)10-14-16-15(17-20-14)13-6-3-9-19-13/h1-6,9H,7-8,10H2. The maximum atomic E-state index is 5.30. The highest BCUT2D eigenvalue weighted by atomic mass is 16.5. The van der Waals surface area contributed by atoms with E-state index in [0.717, 1.165) is 13.0 Å². The molecule has 0 radical (unpaired) electrons. The smallest absolute Gasteiger partial charge is 0.246 e. The Bertz CT molecular complexity index is 718. The van der Waals surface area contributed by atoms with E-state index in [9.17, 15) is 0 Å². The van der Waals surface area contributed by atoms with Gasteiger partial charge in [-0.2, -0.15) is 4.98 Å². The Morgan fingerprint density at radius 3 is 3.00 bits per heavy atom.